The van der Waals surface area contributed by atoms with Crippen LogP contribution in [0.3, 0.4) is 0 Å². The van der Waals surface area contributed by atoms with Crippen LogP contribution in [0.25, 0.3) is 0 Å². The number of benzene rings is 3. The van der Waals surface area contributed by atoms with Gasteiger partial charge in [0.2, 0.25) is 5.82 Å². The number of nitrogens with one attached hydrogen (secondary N) is 1. The van der Waals surface area contributed by atoms with E-state index in [4.69, 9.17) is 27.9 Å². The first kappa shape index (κ1) is 21.5. The molecule has 0 saturated heterocycles. The van der Waals surface area contributed by atoms with Crippen LogP contribution in [0.2, 0.25) is 10.0 Å². The molecule has 0 aromatic heterocycles. The second-order valence-corrected chi connectivity index (χ2v) is 7.82. The van der Waals surface area contributed by atoms with Gasteiger partial charge >= 0.3 is 0 Å². The fourth-order valence-electron chi connectivity index (χ4n) is 3.53. The Morgan fingerprint density at radius 3 is 2.06 bits per heavy atom. The number of hydrogen-bond acceptors (Lipinski definition) is 3. The predicted molar refractivity (Wildman–Crippen MR) is 116 cm³/mol. The van der Waals surface area contributed by atoms with Gasteiger partial charge in [0.25, 0.3) is 0 Å². The molecule has 0 fully saturated rings. The molecule has 0 amide bonds. The molecule has 0 aliphatic carbocycles. The van der Waals surface area contributed by atoms with Gasteiger partial charge in [-0.25, -0.2) is 8.78 Å². The van der Waals surface area contributed by atoms with Gasteiger partial charge in [0, 0.05) is 10.0 Å². The fraction of sp³-hybridized carbons (Fsp3) is 0.174. The van der Waals surface area contributed by atoms with Crippen molar-refractivity contribution in [2.24, 2.45) is 4.99 Å². The van der Waals surface area contributed by atoms with Crippen molar-refractivity contribution >= 4 is 29.0 Å². The number of amidine groups is 1. The van der Waals surface area contributed by atoms with Crippen LogP contribution in [0.15, 0.2) is 59.6 Å². The summed E-state index contributed by atoms with van der Waals surface area (Å²) in [4.78, 5) is 4.69. The molecule has 1 N–H and O–H groups in total. The van der Waals surface area contributed by atoms with Crippen molar-refractivity contribution in [3.63, 3.8) is 0 Å². The third-order valence-electron chi connectivity index (χ3n) is 4.98. The molecule has 3 aromatic carbocycles. The normalized spacial score (nSPS) is 17.9. The Hall–Kier alpha value is -2.70. The Labute approximate surface area is 187 Å². The SMILES string of the molecule is CCOc1c(C2=NC(c3ccc(Cl)cc3)C(c3ccc(Cl)cc3)N2)cc(F)c(F)c1F. The number of hydrogen-bond donors (Lipinski definition) is 1. The Balaban J connectivity index is 1.83. The fourth-order valence-corrected chi connectivity index (χ4v) is 3.78. The van der Waals surface area contributed by atoms with Crippen LogP contribution in [0, 0.1) is 17.5 Å². The number of aliphatic imine (C=N–C) groups is 1. The van der Waals surface area contributed by atoms with Gasteiger partial charge in [-0.05, 0) is 48.4 Å². The van der Waals surface area contributed by atoms with Crippen LogP contribution in [0.1, 0.15) is 35.7 Å². The summed E-state index contributed by atoms with van der Waals surface area (Å²) in [5.41, 5.74) is 1.71. The largest absolute Gasteiger partial charge is 0.490 e. The maximum Gasteiger partial charge on any atom is 0.204 e. The molecular formula is C23H17Cl2F3N2O. The quantitative estimate of drug-likeness (QED) is 0.429. The van der Waals surface area contributed by atoms with Crippen LogP contribution in [-0.4, -0.2) is 12.4 Å². The third kappa shape index (κ3) is 4.23. The van der Waals surface area contributed by atoms with Gasteiger partial charge in [-0.3, -0.25) is 4.99 Å². The van der Waals surface area contributed by atoms with Crippen molar-refractivity contribution < 1.29 is 17.9 Å². The van der Waals surface area contributed by atoms with Gasteiger partial charge in [-0.1, -0.05) is 47.5 Å². The highest BCUT2D eigenvalue weighted by atomic mass is 35.5. The van der Waals surface area contributed by atoms with Crippen molar-refractivity contribution in [1.82, 2.24) is 5.32 Å². The molecule has 2 unspecified atom stereocenters. The third-order valence-corrected chi connectivity index (χ3v) is 5.48. The Morgan fingerprint density at radius 1 is 0.903 bits per heavy atom. The first-order valence-corrected chi connectivity index (χ1v) is 10.3. The molecule has 0 spiro atoms. The maximum absolute atomic E-state index is 14.4. The van der Waals surface area contributed by atoms with Crippen molar-refractivity contribution in [2.75, 3.05) is 6.61 Å². The zero-order valence-electron chi connectivity index (χ0n) is 16.3. The first-order valence-electron chi connectivity index (χ1n) is 9.55. The monoisotopic (exact) mass is 464 g/mol. The smallest absolute Gasteiger partial charge is 0.204 e. The van der Waals surface area contributed by atoms with Gasteiger partial charge in [0.15, 0.2) is 17.4 Å². The van der Waals surface area contributed by atoms with Crippen LogP contribution >= 0.6 is 23.2 Å². The Bertz CT molecular complexity index is 1140. The number of ether oxygens (including phenoxy) is 1. The van der Waals surface area contributed by atoms with Crippen LogP contribution in [0.4, 0.5) is 13.2 Å². The summed E-state index contributed by atoms with van der Waals surface area (Å²) >= 11 is 12.0. The molecule has 1 heterocycles. The van der Waals surface area contributed by atoms with Gasteiger partial charge in [0.05, 0.1) is 18.2 Å². The van der Waals surface area contributed by atoms with E-state index in [0.717, 1.165) is 17.2 Å². The molecule has 3 aromatic rings. The average molecular weight is 465 g/mol. The molecule has 3 nitrogen and oxygen atoms in total. The molecule has 160 valence electrons. The molecular weight excluding hydrogens is 448 g/mol. The molecule has 31 heavy (non-hydrogen) atoms. The van der Waals surface area contributed by atoms with Crippen LogP contribution in [0.5, 0.6) is 5.75 Å². The van der Waals surface area contributed by atoms with Crippen molar-refractivity contribution in [3.8, 4) is 5.75 Å². The highest BCUT2D eigenvalue weighted by Crippen LogP contribution is 2.39. The lowest BCUT2D eigenvalue weighted by molar-refractivity contribution is 0.308. The van der Waals surface area contributed by atoms with E-state index in [9.17, 15) is 13.2 Å². The molecule has 0 saturated carbocycles. The van der Waals surface area contributed by atoms with E-state index in [1.54, 1.807) is 31.2 Å². The van der Waals surface area contributed by atoms with E-state index in [1.165, 1.54) is 0 Å². The Morgan fingerprint density at radius 2 is 1.48 bits per heavy atom. The van der Waals surface area contributed by atoms with E-state index in [2.05, 4.69) is 10.3 Å². The molecule has 4 rings (SSSR count). The van der Waals surface area contributed by atoms with Crippen molar-refractivity contribution in [3.05, 3.63) is 98.8 Å². The van der Waals surface area contributed by atoms with E-state index in [0.29, 0.717) is 10.0 Å². The van der Waals surface area contributed by atoms with Crippen molar-refractivity contribution in [2.45, 2.75) is 19.0 Å². The van der Waals surface area contributed by atoms with E-state index in [1.807, 2.05) is 24.3 Å². The summed E-state index contributed by atoms with van der Waals surface area (Å²) in [5, 5.41) is 4.37. The highest BCUT2D eigenvalue weighted by Gasteiger charge is 2.34. The second-order valence-electron chi connectivity index (χ2n) is 6.94. The first-order chi connectivity index (χ1) is 14.9. The Kier molecular flexibility index (Phi) is 6.12. The number of rotatable bonds is 5. The van der Waals surface area contributed by atoms with E-state index >= 15 is 0 Å². The lowest BCUT2D eigenvalue weighted by Gasteiger charge is -2.20. The highest BCUT2D eigenvalue weighted by molar-refractivity contribution is 6.30. The molecule has 1 aliphatic heterocycles. The average Bonchev–Trinajstić information content (AvgIpc) is 3.20. The molecule has 0 radical (unpaired) electrons. The minimum Gasteiger partial charge on any atom is -0.490 e. The molecule has 1 aliphatic rings. The zero-order chi connectivity index (χ0) is 22.1. The van der Waals surface area contributed by atoms with Crippen LogP contribution in [-0.2, 0) is 0 Å². The molecule has 2 atom stereocenters. The summed E-state index contributed by atoms with van der Waals surface area (Å²) in [5.74, 6) is -4.49. The zero-order valence-corrected chi connectivity index (χ0v) is 17.8. The van der Waals surface area contributed by atoms with E-state index in [-0.39, 0.29) is 29.8 Å². The van der Waals surface area contributed by atoms with E-state index < -0.39 is 23.5 Å². The molecule has 8 heteroatoms. The number of halogens is 5. The van der Waals surface area contributed by atoms with Gasteiger partial charge in [-0.15, -0.1) is 0 Å². The minimum absolute atomic E-state index is 0.00803. The summed E-state index contributed by atoms with van der Waals surface area (Å²) < 4.78 is 47.6. The lowest BCUT2D eigenvalue weighted by Crippen LogP contribution is -2.26. The summed E-state index contributed by atoms with van der Waals surface area (Å²) in [6.07, 6.45) is 0. The van der Waals surface area contributed by atoms with Gasteiger partial charge < -0.3 is 10.1 Å². The second kappa shape index (κ2) is 8.81. The predicted octanol–water partition coefficient (Wildman–Crippen LogP) is 6.64. The minimum atomic E-state index is -1.59. The van der Waals surface area contributed by atoms with Gasteiger partial charge in [-0.2, -0.15) is 4.39 Å². The lowest BCUT2D eigenvalue weighted by atomic mass is 9.95. The summed E-state index contributed by atoms with van der Waals surface area (Å²) in [6, 6.07) is 14.4. The van der Waals surface area contributed by atoms with Crippen molar-refractivity contribution in [1.29, 1.82) is 0 Å². The summed E-state index contributed by atoms with van der Waals surface area (Å²) in [7, 11) is 0. The number of nitrogens with zero attached hydrogens (tertiary/aromatic N) is 1. The maximum atomic E-state index is 14.4. The standard InChI is InChI=1S/C23H17Cl2F3N2O/c1-2-31-22-16(11-17(26)18(27)19(22)28)23-29-20(12-3-7-14(24)8-4-12)21(30-23)13-5-9-15(25)10-6-13/h3-11,20-21H,2H2,1H3,(H,29,30). The topological polar surface area (TPSA) is 33.6 Å². The van der Waals surface area contributed by atoms with Gasteiger partial charge in [0.1, 0.15) is 11.9 Å². The summed E-state index contributed by atoms with van der Waals surface area (Å²) in [6.45, 7) is 1.70. The van der Waals surface area contributed by atoms with Crippen LogP contribution < -0.4 is 10.1 Å². The molecule has 0 bridgehead atoms.